The van der Waals surface area contributed by atoms with Crippen molar-refractivity contribution in [3.8, 4) is 0 Å². The molecule has 4 N–H and O–H groups in total. The zero-order valence-corrected chi connectivity index (χ0v) is 14.9. The molecule has 0 aliphatic rings. The van der Waals surface area contributed by atoms with E-state index in [9.17, 15) is 18.0 Å². The Bertz CT molecular complexity index is 689. The maximum Gasteiger partial charge on any atom is 0.253 e. The zero-order chi connectivity index (χ0) is 18.2. The Kier molecular flexibility index (Phi) is 7.66. The summed E-state index contributed by atoms with van der Waals surface area (Å²) >= 11 is 0. The lowest BCUT2D eigenvalue weighted by atomic mass is 10.1. The zero-order valence-electron chi connectivity index (χ0n) is 14.1. The van der Waals surface area contributed by atoms with E-state index in [0.29, 0.717) is 18.8 Å². The van der Waals surface area contributed by atoms with E-state index in [-0.39, 0.29) is 17.2 Å². The molecular formula is C15H24N4O4S. The van der Waals surface area contributed by atoms with Gasteiger partial charge < -0.3 is 16.0 Å². The van der Waals surface area contributed by atoms with Gasteiger partial charge in [0.15, 0.2) is 0 Å². The SMILES string of the molecule is CCCNCCNC(=O)c1cc(NC(C)=O)ccc1NS(C)(=O)=O. The lowest BCUT2D eigenvalue weighted by molar-refractivity contribution is -0.114. The van der Waals surface area contributed by atoms with Crippen LogP contribution in [0, 0.1) is 0 Å². The van der Waals surface area contributed by atoms with Gasteiger partial charge in [-0.05, 0) is 31.2 Å². The molecule has 0 fully saturated rings. The van der Waals surface area contributed by atoms with Crippen LogP contribution in [0.25, 0.3) is 0 Å². The van der Waals surface area contributed by atoms with Crippen molar-refractivity contribution in [3.05, 3.63) is 23.8 Å². The standard InChI is InChI=1S/C15H24N4O4S/c1-4-7-16-8-9-17-15(21)13-10-12(18-11(2)20)5-6-14(13)19-24(3,22)23/h5-6,10,16,19H,4,7-9H2,1-3H3,(H,17,21)(H,18,20). The van der Waals surface area contributed by atoms with Crippen LogP contribution in [0.5, 0.6) is 0 Å². The molecule has 1 aromatic carbocycles. The monoisotopic (exact) mass is 356 g/mol. The van der Waals surface area contributed by atoms with Crippen LogP contribution in [0.1, 0.15) is 30.6 Å². The normalized spacial score (nSPS) is 11.0. The van der Waals surface area contributed by atoms with Gasteiger partial charge in [0, 0.05) is 25.7 Å². The summed E-state index contributed by atoms with van der Waals surface area (Å²) in [6, 6.07) is 4.40. The first-order valence-electron chi connectivity index (χ1n) is 7.61. The Labute approximate surface area is 142 Å². The first kappa shape index (κ1) is 19.9. The number of amides is 2. The van der Waals surface area contributed by atoms with Gasteiger partial charge in [-0.15, -0.1) is 0 Å². The van der Waals surface area contributed by atoms with Gasteiger partial charge in [0.25, 0.3) is 5.91 Å². The minimum atomic E-state index is -3.53. The molecule has 0 bridgehead atoms. The molecule has 0 radical (unpaired) electrons. The van der Waals surface area contributed by atoms with Crippen molar-refractivity contribution in [3.63, 3.8) is 0 Å². The van der Waals surface area contributed by atoms with E-state index < -0.39 is 15.9 Å². The quantitative estimate of drug-likeness (QED) is 0.487. The topological polar surface area (TPSA) is 116 Å². The van der Waals surface area contributed by atoms with E-state index in [0.717, 1.165) is 19.2 Å². The first-order chi connectivity index (χ1) is 11.2. The Balaban J connectivity index is 2.92. The Hall–Kier alpha value is -2.13. The molecule has 2 amide bonds. The molecule has 134 valence electrons. The maximum atomic E-state index is 12.3. The summed E-state index contributed by atoms with van der Waals surface area (Å²) in [6.07, 6.45) is 2.00. The molecule has 9 heteroatoms. The summed E-state index contributed by atoms with van der Waals surface area (Å²) in [7, 11) is -3.53. The molecule has 1 rings (SSSR count). The summed E-state index contributed by atoms with van der Waals surface area (Å²) in [5.74, 6) is -0.708. The van der Waals surface area contributed by atoms with Crippen molar-refractivity contribution in [2.45, 2.75) is 20.3 Å². The largest absolute Gasteiger partial charge is 0.351 e. The third kappa shape index (κ3) is 7.42. The lowest BCUT2D eigenvalue weighted by Gasteiger charge is -2.13. The van der Waals surface area contributed by atoms with Crippen molar-refractivity contribution in [2.24, 2.45) is 0 Å². The Morgan fingerprint density at radius 3 is 2.42 bits per heavy atom. The van der Waals surface area contributed by atoms with Crippen LogP contribution in [-0.4, -0.2) is 46.1 Å². The number of hydrogen-bond acceptors (Lipinski definition) is 5. The van der Waals surface area contributed by atoms with E-state index in [1.807, 2.05) is 6.92 Å². The number of benzene rings is 1. The first-order valence-corrected chi connectivity index (χ1v) is 9.50. The predicted molar refractivity (Wildman–Crippen MR) is 94.7 cm³/mol. The van der Waals surface area contributed by atoms with Crippen molar-refractivity contribution < 1.29 is 18.0 Å². The number of anilines is 2. The van der Waals surface area contributed by atoms with Gasteiger partial charge in [-0.1, -0.05) is 6.92 Å². The maximum absolute atomic E-state index is 12.3. The molecule has 8 nitrogen and oxygen atoms in total. The highest BCUT2D eigenvalue weighted by molar-refractivity contribution is 7.92. The van der Waals surface area contributed by atoms with Gasteiger partial charge >= 0.3 is 0 Å². The van der Waals surface area contributed by atoms with Gasteiger partial charge in [0.1, 0.15) is 0 Å². The third-order valence-electron chi connectivity index (χ3n) is 2.89. The van der Waals surface area contributed by atoms with Crippen molar-refractivity contribution in [1.29, 1.82) is 0 Å². The summed E-state index contributed by atoms with van der Waals surface area (Å²) < 4.78 is 25.2. The van der Waals surface area contributed by atoms with E-state index in [2.05, 4.69) is 20.7 Å². The molecule has 0 atom stereocenters. The van der Waals surface area contributed by atoms with Gasteiger partial charge in [-0.2, -0.15) is 0 Å². The molecule has 0 aromatic heterocycles. The fourth-order valence-corrected chi connectivity index (χ4v) is 2.54. The summed E-state index contributed by atoms with van der Waals surface area (Å²) in [4.78, 5) is 23.5. The predicted octanol–water partition coefficient (Wildman–Crippen LogP) is 0.746. The van der Waals surface area contributed by atoms with Crippen LogP contribution in [-0.2, 0) is 14.8 Å². The highest BCUT2D eigenvalue weighted by Gasteiger charge is 2.15. The molecule has 0 spiro atoms. The number of nitrogens with one attached hydrogen (secondary N) is 4. The molecule has 0 aliphatic heterocycles. The second-order valence-electron chi connectivity index (χ2n) is 5.32. The van der Waals surface area contributed by atoms with Crippen LogP contribution in [0.4, 0.5) is 11.4 Å². The van der Waals surface area contributed by atoms with Crippen molar-refractivity contribution >= 4 is 33.2 Å². The molecule has 0 saturated carbocycles. The molecule has 1 aromatic rings. The van der Waals surface area contributed by atoms with Gasteiger partial charge in [0.05, 0.1) is 17.5 Å². The smallest absolute Gasteiger partial charge is 0.253 e. The Morgan fingerprint density at radius 1 is 1.12 bits per heavy atom. The van der Waals surface area contributed by atoms with Crippen molar-refractivity contribution in [2.75, 3.05) is 35.9 Å². The number of sulfonamides is 1. The molecule has 24 heavy (non-hydrogen) atoms. The second kappa shape index (κ2) is 9.24. The Morgan fingerprint density at radius 2 is 1.83 bits per heavy atom. The lowest BCUT2D eigenvalue weighted by Crippen LogP contribution is -2.32. The average molecular weight is 356 g/mol. The van der Waals surface area contributed by atoms with Crippen LogP contribution in [0.2, 0.25) is 0 Å². The van der Waals surface area contributed by atoms with Crippen molar-refractivity contribution in [1.82, 2.24) is 10.6 Å². The van der Waals surface area contributed by atoms with Crippen LogP contribution < -0.4 is 20.7 Å². The van der Waals surface area contributed by atoms with Crippen LogP contribution in [0.3, 0.4) is 0 Å². The van der Waals surface area contributed by atoms with E-state index in [1.54, 1.807) is 0 Å². The minimum absolute atomic E-state index is 0.141. The van der Waals surface area contributed by atoms with E-state index in [1.165, 1.54) is 25.1 Å². The summed E-state index contributed by atoms with van der Waals surface area (Å²) in [5, 5.41) is 8.43. The fourth-order valence-electron chi connectivity index (χ4n) is 1.96. The highest BCUT2D eigenvalue weighted by atomic mass is 32.2. The average Bonchev–Trinajstić information content (AvgIpc) is 2.46. The van der Waals surface area contributed by atoms with E-state index in [4.69, 9.17) is 0 Å². The van der Waals surface area contributed by atoms with Gasteiger partial charge in [-0.3, -0.25) is 14.3 Å². The summed E-state index contributed by atoms with van der Waals surface area (Å²) in [5.41, 5.74) is 0.712. The van der Waals surface area contributed by atoms with Gasteiger partial charge in [-0.25, -0.2) is 8.42 Å². The highest BCUT2D eigenvalue weighted by Crippen LogP contribution is 2.21. The number of hydrogen-bond donors (Lipinski definition) is 4. The minimum Gasteiger partial charge on any atom is -0.351 e. The second-order valence-corrected chi connectivity index (χ2v) is 7.07. The van der Waals surface area contributed by atoms with Crippen LogP contribution in [0.15, 0.2) is 18.2 Å². The molecule has 0 heterocycles. The molecule has 0 aliphatic carbocycles. The fraction of sp³-hybridized carbons (Fsp3) is 0.467. The van der Waals surface area contributed by atoms with E-state index >= 15 is 0 Å². The number of carbonyl (C=O) groups is 2. The molecule has 0 saturated heterocycles. The molecular weight excluding hydrogens is 332 g/mol. The number of rotatable bonds is 9. The van der Waals surface area contributed by atoms with Gasteiger partial charge in [0.2, 0.25) is 15.9 Å². The number of carbonyl (C=O) groups excluding carboxylic acids is 2. The summed E-state index contributed by atoms with van der Waals surface area (Å²) in [6.45, 7) is 5.26. The van der Waals surface area contributed by atoms with Crippen LogP contribution >= 0.6 is 0 Å². The molecule has 0 unspecified atom stereocenters. The third-order valence-corrected chi connectivity index (χ3v) is 3.48.